The van der Waals surface area contributed by atoms with E-state index in [4.69, 9.17) is 17.3 Å². The smallest absolute Gasteiger partial charge is 0.251 e. The van der Waals surface area contributed by atoms with Crippen LogP contribution in [-0.2, 0) is 16.1 Å². The van der Waals surface area contributed by atoms with E-state index in [2.05, 4.69) is 5.32 Å². The van der Waals surface area contributed by atoms with E-state index in [0.29, 0.717) is 16.1 Å². The van der Waals surface area contributed by atoms with E-state index in [-0.39, 0.29) is 42.7 Å². The Morgan fingerprint density at radius 3 is 2.43 bits per heavy atom. The normalized spacial score (nSPS) is 10.6. The number of nitrogens with two attached hydrogens (primary N) is 1. The van der Waals surface area contributed by atoms with Gasteiger partial charge in [0.15, 0.2) is 0 Å². The van der Waals surface area contributed by atoms with Gasteiger partial charge in [-0.05, 0) is 37.1 Å². The molecule has 0 aliphatic heterocycles. The average Bonchev–Trinajstić information content (AvgIpc) is 2.90. The summed E-state index contributed by atoms with van der Waals surface area (Å²) in [6.07, 6.45) is 0.0692. The predicted octanol–water partition coefficient (Wildman–Crippen LogP) is 3.20. The second-order valence-electron chi connectivity index (χ2n) is 6.22. The van der Waals surface area contributed by atoms with E-state index in [1.807, 2.05) is 6.92 Å². The molecule has 28 heavy (non-hydrogen) atoms. The number of rotatable bonds is 8. The van der Waals surface area contributed by atoms with Gasteiger partial charge in [-0.25, -0.2) is 4.39 Å². The first-order valence-corrected chi connectivity index (χ1v) is 9.85. The van der Waals surface area contributed by atoms with Crippen molar-refractivity contribution in [3.8, 4) is 0 Å². The number of primary amides is 1. The number of benzene rings is 1. The summed E-state index contributed by atoms with van der Waals surface area (Å²) in [6, 6.07) is 5.67. The van der Waals surface area contributed by atoms with Gasteiger partial charge in [-0.1, -0.05) is 12.1 Å². The van der Waals surface area contributed by atoms with Crippen LogP contribution in [0.5, 0.6) is 0 Å². The molecule has 0 unspecified atom stereocenters. The van der Waals surface area contributed by atoms with Gasteiger partial charge in [-0.15, -0.1) is 22.9 Å². The predicted molar refractivity (Wildman–Crippen MR) is 108 cm³/mol. The number of amides is 3. The van der Waals surface area contributed by atoms with Crippen molar-refractivity contribution in [2.45, 2.75) is 26.8 Å². The zero-order valence-corrected chi connectivity index (χ0v) is 17.1. The standard InChI is InChI=1S/C19H21ClFN3O3S/c1-11-12(2)28-19(17(11)18(22)27)23-15(25)10-24(16(26)7-8-20)9-13-3-5-14(21)6-4-13/h3-6H,7-10H2,1-2H3,(H2,22,27)(H,23,25). The van der Waals surface area contributed by atoms with Crippen LogP contribution < -0.4 is 11.1 Å². The van der Waals surface area contributed by atoms with Crippen LogP contribution in [0.1, 0.15) is 32.8 Å². The lowest BCUT2D eigenvalue weighted by molar-refractivity contribution is -0.134. The molecule has 0 spiro atoms. The molecule has 0 aliphatic rings. The Labute approximate surface area is 171 Å². The maximum Gasteiger partial charge on any atom is 0.251 e. The zero-order valence-electron chi connectivity index (χ0n) is 15.6. The second kappa shape index (κ2) is 9.66. The highest BCUT2D eigenvalue weighted by molar-refractivity contribution is 7.16. The van der Waals surface area contributed by atoms with Crippen LogP contribution in [0.2, 0.25) is 0 Å². The molecular formula is C19H21ClFN3O3S. The number of halogens is 2. The number of nitrogens with one attached hydrogen (secondary N) is 1. The van der Waals surface area contributed by atoms with Crippen LogP contribution in [0.25, 0.3) is 0 Å². The Kier molecular flexibility index (Phi) is 7.53. The van der Waals surface area contributed by atoms with E-state index in [1.165, 1.54) is 28.4 Å². The summed E-state index contributed by atoms with van der Waals surface area (Å²) in [4.78, 5) is 38.8. The van der Waals surface area contributed by atoms with E-state index in [0.717, 1.165) is 4.88 Å². The first kappa shape index (κ1) is 21.8. The van der Waals surface area contributed by atoms with Gasteiger partial charge in [0, 0.05) is 23.7 Å². The number of hydrogen-bond acceptors (Lipinski definition) is 4. The van der Waals surface area contributed by atoms with Crippen LogP contribution in [-0.4, -0.2) is 35.0 Å². The van der Waals surface area contributed by atoms with Gasteiger partial charge in [-0.2, -0.15) is 0 Å². The highest BCUT2D eigenvalue weighted by Gasteiger charge is 2.22. The van der Waals surface area contributed by atoms with Crippen molar-refractivity contribution < 1.29 is 18.8 Å². The lowest BCUT2D eigenvalue weighted by Gasteiger charge is -2.22. The SMILES string of the molecule is Cc1sc(NC(=O)CN(Cc2ccc(F)cc2)C(=O)CCCl)c(C(N)=O)c1C. The van der Waals surface area contributed by atoms with E-state index in [1.54, 1.807) is 19.1 Å². The number of aryl methyl sites for hydroxylation is 1. The molecule has 0 fully saturated rings. The highest BCUT2D eigenvalue weighted by atomic mass is 35.5. The third kappa shape index (κ3) is 5.53. The molecule has 0 saturated heterocycles. The van der Waals surface area contributed by atoms with Gasteiger partial charge in [0.05, 0.1) is 5.56 Å². The van der Waals surface area contributed by atoms with Gasteiger partial charge in [0.25, 0.3) is 5.91 Å². The van der Waals surface area contributed by atoms with Gasteiger partial charge >= 0.3 is 0 Å². The fourth-order valence-electron chi connectivity index (χ4n) is 2.63. The minimum Gasteiger partial charge on any atom is -0.365 e. The third-order valence-electron chi connectivity index (χ3n) is 4.17. The molecule has 0 bridgehead atoms. The molecule has 1 heterocycles. The Bertz CT molecular complexity index is 883. The number of thiophene rings is 1. The lowest BCUT2D eigenvalue weighted by atomic mass is 10.1. The molecule has 2 rings (SSSR count). The number of carbonyl (C=O) groups excluding carboxylic acids is 3. The van der Waals surface area contributed by atoms with Crippen molar-refractivity contribution in [3.63, 3.8) is 0 Å². The average molecular weight is 426 g/mol. The maximum absolute atomic E-state index is 13.1. The first-order valence-electron chi connectivity index (χ1n) is 8.50. The van der Waals surface area contributed by atoms with Crippen molar-refractivity contribution in [3.05, 3.63) is 51.7 Å². The molecule has 3 N–H and O–H groups in total. The fraction of sp³-hybridized carbons (Fsp3) is 0.316. The topological polar surface area (TPSA) is 92.5 Å². The van der Waals surface area contributed by atoms with Crippen molar-refractivity contribution in [2.24, 2.45) is 5.73 Å². The molecule has 0 atom stereocenters. The van der Waals surface area contributed by atoms with Crippen LogP contribution in [0.15, 0.2) is 24.3 Å². The van der Waals surface area contributed by atoms with Gasteiger partial charge in [0.1, 0.15) is 17.4 Å². The largest absolute Gasteiger partial charge is 0.365 e. The summed E-state index contributed by atoms with van der Waals surface area (Å²) in [5.41, 5.74) is 7.08. The molecule has 0 saturated carbocycles. The van der Waals surface area contributed by atoms with Crippen molar-refractivity contribution in [1.29, 1.82) is 0 Å². The van der Waals surface area contributed by atoms with Crippen LogP contribution in [0, 0.1) is 19.7 Å². The summed E-state index contributed by atoms with van der Waals surface area (Å²) in [5.74, 6) is -1.66. The van der Waals surface area contributed by atoms with Gasteiger partial charge in [-0.3, -0.25) is 14.4 Å². The molecule has 9 heteroatoms. The summed E-state index contributed by atoms with van der Waals surface area (Å²) in [5, 5.41) is 3.03. The molecule has 1 aromatic heterocycles. The quantitative estimate of drug-likeness (QED) is 0.636. The van der Waals surface area contributed by atoms with E-state index < -0.39 is 11.8 Å². The Morgan fingerprint density at radius 2 is 1.86 bits per heavy atom. The summed E-state index contributed by atoms with van der Waals surface area (Å²) < 4.78 is 13.1. The second-order valence-corrected chi connectivity index (χ2v) is 7.82. The van der Waals surface area contributed by atoms with Crippen molar-refractivity contribution >= 4 is 45.7 Å². The maximum atomic E-state index is 13.1. The number of nitrogens with zero attached hydrogens (tertiary/aromatic N) is 1. The molecule has 6 nitrogen and oxygen atoms in total. The fourth-order valence-corrected chi connectivity index (χ4v) is 3.88. The number of alkyl halides is 1. The van der Waals surface area contributed by atoms with Crippen LogP contribution >= 0.6 is 22.9 Å². The lowest BCUT2D eigenvalue weighted by Crippen LogP contribution is -2.37. The molecular weight excluding hydrogens is 405 g/mol. The van der Waals surface area contributed by atoms with Crippen molar-refractivity contribution in [2.75, 3.05) is 17.7 Å². The van der Waals surface area contributed by atoms with Crippen molar-refractivity contribution in [1.82, 2.24) is 4.90 Å². The molecule has 3 amide bonds. The number of hydrogen-bond donors (Lipinski definition) is 2. The summed E-state index contributed by atoms with van der Waals surface area (Å²) in [7, 11) is 0. The molecule has 0 aliphatic carbocycles. The molecule has 1 aromatic carbocycles. The Hall–Kier alpha value is -2.45. The molecule has 2 aromatic rings. The Balaban J connectivity index is 2.16. The number of anilines is 1. The Morgan fingerprint density at radius 1 is 1.21 bits per heavy atom. The highest BCUT2D eigenvalue weighted by Crippen LogP contribution is 2.32. The van der Waals surface area contributed by atoms with Crippen LogP contribution in [0.4, 0.5) is 9.39 Å². The zero-order chi connectivity index (χ0) is 20.8. The first-order chi connectivity index (χ1) is 13.2. The molecule has 0 radical (unpaired) electrons. The van der Waals surface area contributed by atoms with Gasteiger partial charge in [0.2, 0.25) is 11.8 Å². The monoisotopic (exact) mass is 425 g/mol. The molecule has 150 valence electrons. The summed E-state index contributed by atoms with van der Waals surface area (Å²) >= 11 is 6.91. The minimum absolute atomic E-state index is 0.0692. The third-order valence-corrected chi connectivity index (χ3v) is 5.48. The van der Waals surface area contributed by atoms with E-state index in [9.17, 15) is 18.8 Å². The summed E-state index contributed by atoms with van der Waals surface area (Å²) in [6.45, 7) is 3.48. The van der Waals surface area contributed by atoms with E-state index >= 15 is 0 Å². The van der Waals surface area contributed by atoms with Crippen LogP contribution in [0.3, 0.4) is 0 Å². The van der Waals surface area contributed by atoms with Gasteiger partial charge < -0.3 is 16.0 Å². The minimum atomic E-state index is -0.626. The number of carbonyl (C=O) groups is 3.